The second-order valence-corrected chi connectivity index (χ2v) is 7.98. The molecule has 148 valence electrons. The molecule has 2 heterocycles. The highest BCUT2D eigenvalue weighted by Crippen LogP contribution is 2.28. The molecule has 5 heteroatoms. The van der Waals surface area contributed by atoms with Crippen LogP contribution in [-0.2, 0) is 0 Å². The van der Waals surface area contributed by atoms with E-state index in [0.29, 0.717) is 17.3 Å². The predicted octanol–water partition coefficient (Wildman–Crippen LogP) is 4.45. The molecule has 0 bridgehead atoms. The van der Waals surface area contributed by atoms with Crippen LogP contribution in [0.25, 0.3) is 0 Å². The Morgan fingerprint density at radius 3 is 2.50 bits per heavy atom. The number of halogens is 1. The van der Waals surface area contributed by atoms with Crippen molar-refractivity contribution in [3.63, 3.8) is 0 Å². The Balaban J connectivity index is 1.43. The van der Waals surface area contributed by atoms with Crippen molar-refractivity contribution in [2.75, 3.05) is 36.4 Å². The van der Waals surface area contributed by atoms with Gasteiger partial charge in [-0.25, -0.2) is 4.39 Å². The maximum absolute atomic E-state index is 14.2. The van der Waals surface area contributed by atoms with E-state index in [2.05, 4.69) is 15.1 Å². The van der Waals surface area contributed by atoms with Crippen molar-refractivity contribution >= 4 is 17.3 Å². The monoisotopic (exact) mass is 381 g/mol. The molecule has 2 aromatic carbocycles. The largest absolute Gasteiger partial charge is 0.371 e. The van der Waals surface area contributed by atoms with E-state index in [1.807, 2.05) is 31.2 Å². The van der Waals surface area contributed by atoms with Gasteiger partial charge in [0.25, 0.3) is 5.91 Å². The Hall–Kier alpha value is -2.40. The minimum absolute atomic E-state index is 0.215. The number of hydrogen-bond acceptors (Lipinski definition) is 3. The molecule has 4 nitrogen and oxygen atoms in total. The third-order valence-corrected chi connectivity index (χ3v) is 5.91. The minimum atomic E-state index is -0.321. The summed E-state index contributed by atoms with van der Waals surface area (Å²) in [4.78, 5) is 17.3. The molecule has 0 aliphatic carbocycles. The number of aryl methyl sites for hydroxylation is 1. The summed E-state index contributed by atoms with van der Waals surface area (Å²) in [6, 6.07) is 12.9. The summed E-state index contributed by atoms with van der Waals surface area (Å²) in [5, 5.41) is 2.85. The van der Waals surface area contributed by atoms with Crippen molar-refractivity contribution in [3.8, 4) is 0 Å². The molecule has 2 aromatic rings. The lowest BCUT2D eigenvalue weighted by atomic mass is 10.0. The van der Waals surface area contributed by atoms with Crippen molar-refractivity contribution < 1.29 is 9.18 Å². The van der Waals surface area contributed by atoms with Crippen molar-refractivity contribution in [2.45, 2.75) is 38.6 Å². The van der Waals surface area contributed by atoms with Crippen LogP contribution in [0.2, 0.25) is 0 Å². The van der Waals surface area contributed by atoms with Crippen LogP contribution < -0.4 is 10.2 Å². The van der Waals surface area contributed by atoms with Crippen LogP contribution in [-0.4, -0.2) is 43.0 Å². The molecule has 0 radical (unpaired) electrons. The molecule has 4 rings (SSSR count). The first kappa shape index (κ1) is 18.9. The second kappa shape index (κ2) is 8.31. The lowest BCUT2D eigenvalue weighted by molar-refractivity contribution is 0.102. The number of carbonyl (C=O) groups is 1. The van der Waals surface area contributed by atoms with Gasteiger partial charge in [-0.3, -0.25) is 4.79 Å². The Labute approximate surface area is 166 Å². The molecule has 1 N–H and O–H groups in total. The van der Waals surface area contributed by atoms with Crippen LogP contribution in [0.4, 0.5) is 15.8 Å². The zero-order valence-electron chi connectivity index (χ0n) is 16.5. The molecule has 2 aliphatic heterocycles. The molecule has 28 heavy (non-hydrogen) atoms. The summed E-state index contributed by atoms with van der Waals surface area (Å²) < 4.78 is 14.2. The van der Waals surface area contributed by atoms with Gasteiger partial charge < -0.3 is 15.1 Å². The molecule has 2 saturated heterocycles. The number of nitrogens with one attached hydrogen (secondary N) is 1. The number of nitrogens with zero attached hydrogens (tertiary/aromatic N) is 2. The number of carbonyl (C=O) groups excluding carboxylic acids is 1. The van der Waals surface area contributed by atoms with Crippen molar-refractivity contribution in [1.82, 2.24) is 4.90 Å². The summed E-state index contributed by atoms with van der Waals surface area (Å²) in [6.07, 6.45) is 4.85. The van der Waals surface area contributed by atoms with Gasteiger partial charge in [0.2, 0.25) is 0 Å². The van der Waals surface area contributed by atoms with Crippen LogP contribution in [0.5, 0.6) is 0 Å². The Bertz CT molecular complexity index is 839. The summed E-state index contributed by atoms with van der Waals surface area (Å²) in [6.45, 7) is 6.24. The van der Waals surface area contributed by atoms with Gasteiger partial charge in [-0.15, -0.1) is 0 Å². The highest BCUT2D eigenvalue weighted by molar-refractivity contribution is 6.04. The summed E-state index contributed by atoms with van der Waals surface area (Å²) in [5.74, 6) is -0.535. The SMILES string of the molecule is Cc1cccc(C(=O)Nc2cc(F)cc(N3CCC(N4CCCC4)CC3)c2)c1. The molecule has 0 aromatic heterocycles. The van der Waals surface area contributed by atoms with E-state index in [1.165, 1.54) is 32.0 Å². The fourth-order valence-corrected chi connectivity index (χ4v) is 4.41. The van der Waals surface area contributed by atoms with E-state index in [0.717, 1.165) is 37.2 Å². The lowest BCUT2D eigenvalue weighted by Crippen LogP contribution is -2.43. The number of hydrogen-bond donors (Lipinski definition) is 1. The number of anilines is 2. The average Bonchev–Trinajstić information content (AvgIpc) is 3.22. The van der Waals surface area contributed by atoms with Gasteiger partial charge in [0.05, 0.1) is 0 Å². The molecule has 0 spiro atoms. The second-order valence-electron chi connectivity index (χ2n) is 7.98. The standard InChI is InChI=1S/C23H28FN3O/c1-17-5-4-6-18(13-17)23(28)25-20-14-19(24)15-22(16-20)27-11-7-21(8-12-27)26-9-2-3-10-26/h4-6,13-16,21H,2-3,7-12H2,1H3,(H,25,28). The number of piperidine rings is 1. The molecule has 2 aliphatic rings. The molecule has 0 atom stereocenters. The molecular formula is C23H28FN3O. The highest BCUT2D eigenvalue weighted by Gasteiger charge is 2.26. The van der Waals surface area contributed by atoms with Crippen LogP contribution in [0, 0.1) is 12.7 Å². The lowest BCUT2D eigenvalue weighted by Gasteiger charge is -2.38. The zero-order valence-corrected chi connectivity index (χ0v) is 16.5. The first-order chi connectivity index (χ1) is 13.6. The van der Waals surface area contributed by atoms with E-state index >= 15 is 0 Å². The maximum atomic E-state index is 14.2. The van der Waals surface area contributed by atoms with Gasteiger partial charge in [-0.1, -0.05) is 17.7 Å². The third-order valence-electron chi connectivity index (χ3n) is 5.91. The van der Waals surface area contributed by atoms with Crippen molar-refractivity contribution in [3.05, 3.63) is 59.4 Å². The molecular weight excluding hydrogens is 353 g/mol. The Kier molecular flexibility index (Phi) is 5.62. The van der Waals surface area contributed by atoms with Crippen molar-refractivity contribution in [2.24, 2.45) is 0 Å². The topological polar surface area (TPSA) is 35.6 Å². The van der Waals surface area contributed by atoms with E-state index < -0.39 is 0 Å². The fraction of sp³-hybridized carbons (Fsp3) is 0.435. The van der Waals surface area contributed by atoms with Gasteiger partial charge in [-0.05, 0) is 76.0 Å². The van der Waals surface area contributed by atoms with Gasteiger partial charge >= 0.3 is 0 Å². The zero-order chi connectivity index (χ0) is 19.5. The van der Waals surface area contributed by atoms with Crippen LogP contribution in [0.15, 0.2) is 42.5 Å². The number of benzene rings is 2. The molecule has 0 unspecified atom stereocenters. The summed E-state index contributed by atoms with van der Waals surface area (Å²) in [7, 11) is 0. The summed E-state index contributed by atoms with van der Waals surface area (Å²) >= 11 is 0. The summed E-state index contributed by atoms with van der Waals surface area (Å²) in [5.41, 5.74) is 2.95. The van der Waals surface area contributed by atoms with E-state index in [9.17, 15) is 9.18 Å². The smallest absolute Gasteiger partial charge is 0.255 e. The van der Waals surface area contributed by atoms with E-state index in [4.69, 9.17) is 0 Å². The number of rotatable bonds is 4. The van der Waals surface area contributed by atoms with Gasteiger partial charge in [0.15, 0.2) is 0 Å². The third kappa shape index (κ3) is 4.36. The van der Waals surface area contributed by atoms with Crippen molar-refractivity contribution in [1.29, 1.82) is 0 Å². The van der Waals surface area contributed by atoms with E-state index in [-0.39, 0.29) is 11.7 Å². The maximum Gasteiger partial charge on any atom is 0.255 e. The fourth-order valence-electron chi connectivity index (χ4n) is 4.41. The first-order valence-corrected chi connectivity index (χ1v) is 10.3. The normalized spacial score (nSPS) is 18.4. The van der Waals surface area contributed by atoms with Gasteiger partial charge in [0, 0.05) is 36.1 Å². The number of amides is 1. The van der Waals surface area contributed by atoms with Crippen LogP contribution in [0.3, 0.4) is 0 Å². The van der Waals surface area contributed by atoms with Gasteiger partial charge in [0.1, 0.15) is 5.82 Å². The van der Waals surface area contributed by atoms with E-state index in [1.54, 1.807) is 12.1 Å². The Morgan fingerprint density at radius 2 is 1.79 bits per heavy atom. The average molecular weight is 381 g/mol. The minimum Gasteiger partial charge on any atom is -0.371 e. The van der Waals surface area contributed by atoms with Crippen LogP contribution >= 0.6 is 0 Å². The molecule has 1 amide bonds. The Morgan fingerprint density at radius 1 is 1.04 bits per heavy atom. The molecule has 2 fully saturated rings. The van der Waals surface area contributed by atoms with Crippen LogP contribution in [0.1, 0.15) is 41.6 Å². The molecule has 0 saturated carbocycles. The predicted molar refractivity (Wildman–Crippen MR) is 112 cm³/mol. The highest BCUT2D eigenvalue weighted by atomic mass is 19.1. The quantitative estimate of drug-likeness (QED) is 0.850. The van der Waals surface area contributed by atoms with Gasteiger partial charge in [-0.2, -0.15) is 0 Å². The first-order valence-electron chi connectivity index (χ1n) is 10.3. The number of likely N-dealkylation sites (tertiary alicyclic amines) is 1.